The number of thiazole rings is 1. The summed E-state index contributed by atoms with van der Waals surface area (Å²) in [6.45, 7) is 4.39. The average molecular weight is 432 g/mol. The molecule has 0 atom stereocenters. The molecule has 1 saturated heterocycles. The van der Waals surface area contributed by atoms with Crippen molar-refractivity contribution in [1.29, 1.82) is 0 Å². The number of amides is 1. The van der Waals surface area contributed by atoms with Gasteiger partial charge < -0.3 is 4.74 Å². The van der Waals surface area contributed by atoms with E-state index in [2.05, 4.69) is 9.88 Å². The topological polar surface area (TPSA) is 45.7 Å². The van der Waals surface area contributed by atoms with Crippen LogP contribution in [0.2, 0.25) is 0 Å². The summed E-state index contributed by atoms with van der Waals surface area (Å²) in [4.78, 5) is 23.1. The van der Waals surface area contributed by atoms with Crippen LogP contribution in [0, 0.1) is 5.82 Å². The molecule has 152 valence electrons. The van der Waals surface area contributed by atoms with Crippen molar-refractivity contribution in [3.8, 4) is 0 Å². The van der Waals surface area contributed by atoms with Crippen molar-refractivity contribution >= 4 is 44.4 Å². The zero-order valence-corrected chi connectivity index (χ0v) is 17.8. The molecule has 0 radical (unpaired) electrons. The molecule has 4 rings (SSSR count). The Hall–Kier alpha value is -2.00. The van der Waals surface area contributed by atoms with Crippen molar-refractivity contribution in [3.05, 3.63) is 53.8 Å². The van der Waals surface area contributed by atoms with Crippen molar-refractivity contribution in [2.45, 2.75) is 4.90 Å². The van der Waals surface area contributed by atoms with Crippen molar-refractivity contribution in [3.63, 3.8) is 0 Å². The minimum absolute atomic E-state index is 0.0892. The van der Waals surface area contributed by atoms with Gasteiger partial charge in [-0.05, 0) is 42.7 Å². The lowest BCUT2D eigenvalue weighted by Gasteiger charge is -2.29. The molecule has 5 nitrogen and oxygen atoms in total. The van der Waals surface area contributed by atoms with Gasteiger partial charge in [0.05, 0.1) is 23.4 Å². The number of fused-ring (bicyclic) bond motifs is 1. The van der Waals surface area contributed by atoms with Crippen LogP contribution in [0.3, 0.4) is 0 Å². The first-order valence-corrected chi connectivity index (χ1v) is 11.5. The minimum atomic E-state index is -0.299. The summed E-state index contributed by atoms with van der Waals surface area (Å²) in [5, 5.41) is 0.596. The second-order valence-corrected chi connectivity index (χ2v) is 8.64. The number of benzene rings is 2. The molecular weight excluding hydrogens is 409 g/mol. The van der Waals surface area contributed by atoms with Gasteiger partial charge in [0, 0.05) is 36.6 Å². The van der Waals surface area contributed by atoms with Crippen molar-refractivity contribution in [1.82, 2.24) is 9.88 Å². The number of carbonyl (C=O) groups is 1. The van der Waals surface area contributed by atoms with Gasteiger partial charge in [0.1, 0.15) is 5.82 Å². The third-order valence-corrected chi connectivity index (χ3v) is 6.64. The SMILES string of the molecule is CSc1cccc(C(=O)N(CCN2CCOCC2)c2nc3ccc(F)cc3s2)c1. The van der Waals surface area contributed by atoms with Gasteiger partial charge in [0.2, 0.25) is 0 Å². The van der Waals surface area contributed by atoms with E-state index >= 15 is 0 Å². The summed E-state index contributed by atoms with van der Waals surface area (Å²) in [5.74, 6) is -0.389. The quantitative estimate of drug-likeness (QED) is 0.549. The summed E-state index contributed by atoms with van der Waals surface area (Å²) in [5.41, 5.74) is 1.33. The summed E-state index contributed by atoms with van der Waals surface area (Å²) >= 11 is 2.95. The number of aromatic nitrogens is 1. The Morgan fingerprint density at radius 3 is 2.90 bits per heavy atom. The predicted octanol–water partition coefficient (Wildman–Crippen LogP) is 4.14. The van der Waals surface area contributed by atoms with E-state index in [1.807, 2.05) is 30.5 Å². The molecule has 29 heavy (non-hydrogen) atoms. The van der Waals surface area contributed by atoms with E-state index in [9.17, 15) is 9.18 Å². The first-order chi connectivity index (χ1) is 14.1. The zero-order valence-electron chi connectivity index (χ0n) is 16.1. The molecule has 0 spiro atoms. The fraction of sp³-hybridized carbons (Fsp3) is 0.333. The molecule has 1 amide bonds. The predicted molar refractivity (Wildman–Crippen MR) is 117 cm³/mol. The molecule has 0 bridgehead atoms. The number of anilines is 1. The van der Waals surface area contributed by atoms with Crippen LogP contribution in [0.15, 0.2) is 47.4 Å². The van der Waals surface area contributed by atoms with E-state index in [0.717, 1.165) is 29.2 Å². The minimum Gasteiger partial charge on any atom is -0.379 e. The van der Waals surface area contributed by atoms with E-state index in [4.69, 9.17) is 4.74 Å². The van der Waals surface area contributed by atoms with Crippen LogP contribution >= 0.6 is 23.1 Å². The maximum absolute atomic E-state index is 13.6. The second kappa shape index (κ2) is 9.21. The van der Waals surface area contributed by atoms with Crippen LogP contribution < -0.4 is 4.90 Å². The lowest BCUT2D eigenvalue weighted by Crippen LogP contribution is -2.43. The Labute approximate surface area is 177 Å². The Bertz CT molecular complexity index is 1000. The van der Waals surface area contributed by atoms with E-state index in [-0.39, 0.29) is 11.7 Å². The Morgan fingerprint density at radius 1 is 1.28 bits per heavy atom. The third-order valence-electron chi connectivity index (χ3n) is 4.88. The van der Waals surface area contributed by atoms with Crippen LogP contribution in [-0.2, 0) is 4.74 Å². The maximum atomic E-state index is 13.6. The normalized spacial score (nSPS) is 15.0. The molecular formula is C21H22FN3O2S2. The third kappa shape index (κ3) is 4.78. The molecule has 3 aromatic rings. The van der Waals surface area contributed by atoms with Crippen LogP contribution in [0.4, 0.5) is 9.52 Å². The number of ether oxygens (including phenoxy) is 1. The van der Waals surface area contributed by atoms with Gasteiger partial charge in [0.15, 0.2) is 5.13 Å². The highest BCUT2D eigenvalue weighted by molar-refractivity contribution is 7.98. The van der Waals surface area contributed by atoms with Crippen molar-refractivity contribution in [2.24, 2.45) is 0 Å². The molecule has 1 aromatic heterocycles. The first kappa shape index (κ1) is 20.3. The summed E-state index contributed by atoms with van der Waals surface area (Å²) in [7, 11) is 0. The van der Waals surface area contributed by atoms with Gasteiger partial charge >= 0.3 is 0 Å². The number of thioether (sulfide) groups is 1. The maximum Gasteiger partial charge on any atom is 0.260 e. The lowest BCUT2D eigenvalue weighted by atomic mass is 10.2. The molecule has 0 saturated carbocycles. The Balaban J connectivity index is 1.64. The zero-order chi connectivity index (χ0) is 20.2. The number of halogens is 1. The summed E-state index contributed by atoms with van der Waals surface area (Å²) in [6.07, 6.45) is 1.99. The van der Waals surface area contributed by atoms with Gasteiger partial charge in [-0.15, -0.1) is 11.8 Å². The van der Waals surface area contributed by atoms with Gasteiger partial charge in [-0.25, -0.2) is 9.37 Å². The van der Waals surface area contributed by atoms with Crippen LogP contribution in [-0.4, -0.2) is 61.4 Å². The summed E-state index contributed by atoms with van der Waals surface area (Å²) in [6, 6.07) is 12.1. The fourth-order valence-electron chi connectivity index (χ4n) is 3.26. The molecule has 2 heterocycles. The average Bonchev–Trinajstić information content (AvgIpc) is 3.17. The highest BCUT2D eigenvalue weighted by Crippen LogP contribution is 2.30. The number of carbonyl (C=O) groups excluding carboxylic acids is 1. The Kier molecular flexibility index (Phi) is 6.44. The number of hydrogen-bond donors (Lipinski definition) is 0. The van der Waals surface area contributed by atoms with Gasteiger partial charge in [-0.2, -0.15) is 0 Å². The molecule has 0 unspecified atom stereocenters. The number of nitrogens with zero attached hydrogens (tertiary/aromatic N) is 3. The molecule has 0 aliphatic carbocycles. The van der Waals surface area contributed by atoms with E-state index in [1.165, 1.54) is 23.5 Å². The van der Waals surface area contributed by atoms with Crippen LogP contribution in [0.1, 0.15) is 10.4 Å². The van der Waals surface area contributed by atoms with E-state index in [0.29, 0.717) is 36.0 Å². The largest absolute Gasteiger partial charge is 0.379 e. The van der Waals surface area contributed by atoms with Gasteiger partial charge in [-0.3, -0.25) is 14.6 Å². The van der Waals surface area contributed by atoms with Crippen LogP contribution in [0.5, 0.6) is 0 Å². The van der Waals surface area contributed by atoms with Gasteiger partial charge in [0.25, 0.3) is 5.91 Å². The second-order valence-electron chi connectivity index (χ2n) is 6.75. The van der Waals surface area contributed by atoms with E-state index in [1.54, 1.807) is 22.7 Å². The first-order valence-electron chi connectivity index (χ1n) is 9.46. The molecule has 1 fully saturated rings. The van der Waals surface area contributed by atoms with Gasteiger partial charge in [-0.1, -0.05) is 17.4 Å². The smallest absolute Gasteiger partial charge is 0.260 e. The summed E-state index contributed by atoms with van der Waals surface area (Å²) < 4.78 is 19.8. The highest BCUT2D eigenvalue weighted by Gasteiger charge is 2.23. The Morgan fingerprint density at radius 2 is 2.10 bits per heavy atom. The lowest BCUT2D eigenvalue weighted by molar-refractivity contribution is 0.0391. The number of rotatable bonds is 6. The molecule has 1 aliphatic rings. The fourth-order valence-corrected chi connectivity index (χ4v) is 4.74. The molecule has 0 N–H and O–H groups in total. The van der Waals surface area contributed by atoms with Crippen molar-refractivity contribution < 1.29 is 13.9 Å². The van der Waals surface area contributed by atoms with Crippen molar-refractivity contribution in [2.75, 3.05) is 50.5 Å². The van der Waals surface area contributed by atoms with Crippen LogP contribution in [0.25, 0.3) is 10.2 Å². The molecule has 2 aromatic carbocycles. The number of hydrogen-bond acceptors (Lipinski definition) is 6. The monoisotopic (exact) mass is 431 g/mol. The number of morpholine rings is 1. The van der Waals surface area contributed by atoms with E-state index < -0.39 is 0 Å². The highest BCUT2D eigenvalue weighted by atomic mass is 32.2. The molecule has 1 aliphatic heterocycles. The standard InChI is InChI=1S/C21H22FN3O2S2/c1-28-17-4-2-3-15(13-17)20(26)25(8-7-24-9-11-27-12-10-24)21-23-18-6-5-16(22)14-19(18)29-21/h2-6,13-14H,7-12H2,1H3. The molecule has 8 heteroatoms.